The van der Waals surface area contributed by atoms with Gasteiger partial charge in [-0.15, -0.1) is 0 Å². The number of carbonyl (C=O) groups is 2. The number of nitrogens with zero attached hydrogens (tertiary/aromatic N) is 3. The molecule has 2 unspecified atom stereocenters. The van der Waals surface area contributed by atoms with Crippen molar-refractivity contribution < 1.29 is 14.4 Å². The van der Waals surface area contributed by atoms with Gasteiger partial charge in [0.15, 0.2) is 5.60 Å². The number of benzene rings is 1. The van der Waals surface area contributed by atoms with Crippen molar-refractivity contribution in [1.29, 1.82) is 0 Å². The van der Waals surface area contributed by atoms with Gasteiger partial charge in [0.2, 0.25) is 0 Å². The Bertz CT molecular complexity index is 824. The van der Waals surface area contributed by atoms with E-state index in [0.29, 0.717) is 38.3 Å². The molecule has 174 valence electrons. The maximum absolute atomic E-state index is 13.0. The summed E-state index contributed by atoms with van der Waals surface area (Å²) in [7, 11) is 0. The van der Waals surface area contributed by atoms with E-state index in [1.807, 2.05) is 28.0 Å². The molecule has 0 aromatic heterocycles. The number of unbranched alkanes of at least 4 members (excludes halogenated alkanes) is 1. The van der Waals surface area contributed by atoms with E-state index >= 15 is 0 Å². The molecule has 3 aliphatic rings. The number of hydrogen-bond donors (Lipinski definition) is 2. The summed E-state index contributed by atoms with van der Waals surface area (Å²) in [6, 6.07) is 10.2. The summed E-state index contributed by atoms with van der Waals surface area (Å²) >= 11 is 0. The minimum Gasteiger partial charge on any atom is -0.385 e. The van der Waals surface area contributed by atoms with Crippen molar-refractivity contribution in [1.82, 2.24) is 20.4 Å². The highest BCUT2D eigenvalue weighted by molar-refractivity contribution is 6.39. The summed E-state index contributed by atoms with van der Waals surface area (Å²) in [5, 5.41) is 10.9. The van der Waals surface area contributed by atoms with Gasteiger partial charge in [0, 0.05) is 39.1 Å². The molecule has 2 atom stereocenters. The van der Waals surface area contributed by atoms with E-state index in [9.17, 15) is 9.59 Å². The van der Waals surface area contributed by atoms with Crippen LogP contribution in [0.5, 0.6) is 0 Å². The van der Waals surface area contributed by atoms with Crippen LogP contribution in [-0.4, -0.2) is 71.8 Å². The van der Waals surface area contributed by atoms with Crippen molar-refractivity contribution in [3.05, 3.63) is 35.9 Å². The quantitative estimate of drug-likeness (QED) is 0.637. The standard InChI is InChI=1S/C24H35N5O3/c1-2-3-12-25-23(31)29-15-11-21(26-17-19-9-5-4-6-10-19)24(18-29)16-20(27-32-24)22(30)28-13-7-8-14-28/h4-6,9-10,21,26H,2-3,7-8,11-18H2,1H3,(H,25,31). The van der Waals surface area contributed by atoms with Crippen LogP contribution in [0.15, 0.2) is 35.5 Å². The van der Waals surface area contributed by atoms with Crippen molar-refractivity contribution in [2.24, 2.45) is 5.16 Å². The van der Waals surface area contributed by atoms with Crippen molar-refractivity contribution >= 4 is 17.6 Å². The molecule has 8 nitrogen and oxygen atoms in total. The minimum atomic E-state index is -0.722. The van der Waals surface area contributed by atoms with Gasteiger partial charge in [0.25, 0.3) is 5.91 Å². The summed E-state index contributed by atoms with van der Waals surface area (Å²) in [5.74, 6) is -0.0225. The Hall–Kier alpha value is -2.61. The molecule has 1 aromatic carbocycles. The van der Waals surface area contributed by atoms with Gasteiger partial charge in [-0.05, 0) is 31.2 Å². The third-order valence-electron chi connectivity index (χ3n) is 6.71. The van der Waals surface area contributed by atoms with Gasteiger partial charge in [-0.3, -0.25) is 4.79 Å². The molecular weight excluding hydrogens is 406 g/mol. The Labute approximate surface area is 190 Å². The van der Waals surface area contributed by atoms with E-state index < -0.39 is 5.60 Å². The number of hydrogen-bond acceptors (Lipinski definition) is 5. The molecule has 3 heterocycles. The van der Waals surface area contributed by atoms with Crippen LogP contribution in [0.25, 0.3) is 0 Å². The molecule has 8 heteroatoms. The molecule has 1 aromatic rings. The third-order valence-corrected chi connectivity index (χ3v) is 6.71. The molecule has 4 rings (SSSR count). The van der Waals surface area contributed by atoms with Gasteiger partial charge in [0.1, 0.15) is 5.71 Å². The van der Waals surface area contributed by atoms with Crippen LogP contribution in [0.2, 0.25) is 0 Å². The largest absolute Gasteiger partial charge is 0.385 e. The molecule has 0 bridgehead atoms. The molecule has 0 saturated carbocycles. The lowest BCUT2D eigenvalue weighted by Gasteiger charge is -2.44. The minimum absolute atomic E-state index is 0.00461. The highest BCUT2D eigenvalue weighted by Gasteiger charge is 2.52. The van der Waals surface area contributed by atoms with Crippen LogP contribution < -0.4 is 10.6 Å². The zero-order valence-electron chi connectivity index (χ0n) is 19.0. The Kier molecular flexibility index (Phi) is 7.29. The predicted molar refractivity (Wildman–Crippen MR) is 123 cm³/mol. The monoisotopic (exact) mass is 441 g/mol. The first-order chi connectivity index (χ1) is 15.6. The molecule has 32 heavy (non-hydrogen) atoms. The van der Waals surface area contributed by atoms with Gasteiger partial charge in [-0.25, -0.2) is 4.79 Å². The van der Waals surface area contributed by atoms with Crippen LogP contribution >= 0.6 is 0 Å². The van der Waals surface area contributed by atoms with E-state index in [0.717, 1.165) is 45.2 Å². The van der Waals surface area contributed by atoms with Crippen LogP contribution in [0.3, 0.4) is 0 Å². The maximum Gasteiger partial charge on any atom is 0.317 e. The second-order valence-corrected chi connectivity index (χ2v) is 9.08. The summed E-state index contributed by atoms with van der Waals surface area (Å²) in [6.07, 6.45) is 5.24. The molecule has 2 N–H and O–H groups in total. The second kappa shape index (κ2) is 10.3. The summed E-state index contributed by atoms with van der Waals surface area (Å²) < 4.78 is 0. The second-order valence-electron chi connectivity index (χ2n) is 9.08. The summed E-state index contributed by atoms with van der Waals surface area (Å²) in [4.78, 5) is 35.4. The number of amides is 3. The Morgan fingerprint density at radius 3 is 2.69 bits per heavy atom. The first-order valence-electron chi connectivity index (χ1n) is 12.0. The number of likely N-dealkylation sites (tertiary alicyclic amines) is 2. The smallest absolute Gasteiger partial charge is 0.317 e. The number of carbonyl (C=O) groups excluding carboxylic acids is 2. The van der Waals surface area contributed by atoms with Crippen LogP contribution in [0.1, 0.15) is 51.0 Å². The number of rotatable bonds is 7. The van der Waals surface area contributed by atoms with Gasteiger partial charge in [-0.1, -0.05) is 48.8 Å². The predicted octanol–water partition coefficient (Wildman–Crippen LogP) is 2.50. The molecule has 2 saturated heterocycles. The molecule has 2 fully saturated rings. The van der Waals surface area contributed by atoms with Crippen LogP contribution in [0, 0.1) is 0 Å². The number of urea groups is 1. The fraction of sp³-hybridized carbons (Fsp3) is 0.625. The van der Waals surface area contributed by atoms with Crippen LogP contribution in [-0.2, 0) is 16.2 Å². The van der Waals surface area contributed by atoms with Crippen molar-refractivity contribution in [3.8, 4) is 0 Å². The first kappa shape index (κ1) is 22.6. The number of nitrogens with one attached hydrogen (secondary N) is 2. The Morgan fingerprint density at radius 1 is 1.16 bits per heavy atom. The van der Waals surface area contributed by atoms with Crippen molar-refractivity contribution in [2.45, 2.75) is 63.6 Å². The van der Waals surface area contributed by atoms with Crippen LogP contribution in [0.4, 0.5) is 4.79 Å². The normalized spacial score (nSPS) is 25.0. The Morgan fingerprint density at radius 2 is 1.94 bits per heavy atom. The van der Waals surface area contributed by atoms with Gasteiger partial charge < -0.3 is 25.3 Å². The highest BCUT2D eigenvalue weighted by atomic mass is 16.7. The molecule has 0 radical (unpaired) electrons. The van der Waals surface area contributed by atoms with E-state index in [1.54, 1.807) is 0 Å². The number of oxime groups is 1. The zero-order chi connectivity index (χ0) is 22.4. The van der Waals surface area contributed by atoms with E-state index in [2.05, 4.69) is 34.8 Å². The average molecular weight is 442 g/mol. The topological polar surface area (TPSA) is 86.3 Å². The lowest BCUT2D eigenvalue weighted by molar-refractivity contribution is -0.123. The van der Waals surface area contributed by atoms with E-state index in [4.69, 9.17) is 4.84 Å². The summed E-state index contributed by atoms with van der Waals surface area (Å²) in [5.41, 5.74) is 0.946. The van der Waals surface area contributed by atoms with Crippen molar-refractivity contribution in [2.75, 3.05) is 32.7 Å². The molecule has 3 amide bonds. The van der Waals surface area contributed by atoms with Gasteiger partial charge >= 0.3 is 6.03 Å². The number of piperidine rings is 1. The molecular formula is C24H35N5O3. The van der Waals surface area contributed by atoms with Gasteiger partial charge in [-0.2, -0.15) is 0 Å². The van der Waals surface area contributed by atoms with Crippen molar-refractivity contribution in [3.63, 3.8) is 0 Å². The lowest BCUT2D eigenvalue weighted by atomic mass is 9.83. The third kappa shape index (κ3) is 5.06. The average Bonchev–Trinajstić information content (AvgIpc) is 3.50. The molecule has 0 aliphatic carbocycles. The fourth-order valence-corrected chi connectivity index (χ4v) is 4.83. The first-order valence-corrected chi connectivity index (χ1v) is 12.0. The zero-order valence-corrected chi connectivity index (χ0v) is 19.0. The molecule has 3 aliphatic heterocycles. The Balaban J connectivity index is 1.45. The lowest BCUT2D eigenvalue weighted by Crippen LogP contribution is -2.64. The fourth-order valence-electron chi connectivity index (χ4n) is 4.83. The maximum atomic E-state index is 13.0. The summed E-state index contributed by atoms with van der Waals surface area (Å²) in [6.45, 7) is 6.11. The van der Waals surface area contributed by atoms with E-state index in [1.165, 1.54) is 5.56 Å². The van der Waals surface area contributed by atoms with Gasteiger partial charge in [0.05, 0.1) is 12.6 Å². The molecule has 1 spiro atoms. The SMILES string of the molecule is CCCCNC(=O)N1CCC(NCc2ccccc2)C2(CC(C(=O)N3CCCC3)=NO2)C1. The highest BCUT2D eigenvalue weighted by Crippen LogP contribution is 2.35. The van der Waals surface area contributed by atoms with E-state index in [-0.39, 0.29) is 18.0 Å².